The highest BCUT2D eigenvalue weighted by Crippen LogP contribution is 2.23. The average molecular weight is 390 g/mol. The van der Waals surface area contributed by atoms with Gasteiger partial charge in [-0.25, -0.2) is 4.68 Å². The van der Waals surface area contributed by atoms with Crippen LogP contribution in [0.3, 0.4) is 0 Å². The zero-order valence-electron chi connectivity index (χ0n) is 14.1. The van der Waals surface area contributed by atoms with Gasteiger partial charge >= 0.3 is 0 Å². The summed E-state index contributed by atoms with van der Waals surface area (Å²) in [5.74, 6) is 0.518. The third-order valence-corrected chi connectivity index (χ3v) is 4.30. The van der Waals surface area contributed by atoms with Crippen molar-refractivity contribution in [1.29, 1.82) is 0 Å². The molecule has 0 saturated heterocycles. The van der Waals surface area contributed by atoms with E-state index in [-0.39, 0.29) is 12.3 Å². The number of nitrogens with one attached hydrogen (secondary N) is 1. The van der Waals surface area contributed by atoms with E-state index in [0.29, 0.717) is 22.3 Å². The van der Waals surface area contributed by atoms with Gasteiger partial charge in [-0.2, -0.15) is 5.10 Å². The van der Waals surface area contributed by atoms with Crippen LogP contribution in [0.2, 0.25) is 10.0 Å². The van der Waals surface area contributed by atoms with Crippen molar-refractivity contribution in [2.45, 2.75) is 13.0 Å². The fraction of sp³-hybridized carbons (Fsp3) is 0.158. The number of nitrogens with zero attached hydrogens (tertiary/aromatic N) is 2. The number of aromatic nitrogens is 2. The molecular formula is C19H17Cl2N3O2. The van der Waals surface area contributed by atoms with E-state index in [9.17, 15) is 4.79 Å². The zero-order valence-corrected chi connectivity index (χ0v) is 15.6. The van der Waals surface area contributed by atoms with Crippen LogP contribution in [-0.2, 0) is 17.8 Å². The Morgan fingerprint density at radius 2 is 1.88 bits per heavy atom. The van der Waals surface area contributed by atoms with E-state index in [1.54, 1.807) is 48.3 Å². The quantitative estimate of drug-likeness (QED) is 0.691. The van der Waals surface area contributed by atoms with E-state index in [1.165, 1.54) is 0 Å². The van der Waals surface area contributed by atoms with Crippen LogP contribution in [0.5, 0.6) is 5.75 Å². The fourth-order valence-electron chi connectivity index (χ4n) is 2.51. The van der Waals surface area contributed by atoms with Crippen molar-refractivity contribution in [3.63, 3.8) is 0 Å². The molecule has 1 heterocycles. The second kappa shape index (κ2) is 8.25. The van der Waals surface area contributed by atoms with Gasteiger partial charge in [-0.05, 0) is 42.5 Å². The van der Waals surface area contributed by atoms with Crippen LogP contribution in [0.25, 0.3) is 5.69 Å². The van der Waals surface area contributed by atoms with Crippen molar-refractivity contribution < 1.29 is 9.53 Å². The van der Waals surface area contributed by atoms with Crippen LogP contribution in [0.4, 0.5) is 0 Å². The van der Waals surface area contributed by atoms with E-state index in [0.717, 1.165) is 16.8 Å². The van der Waals surface area contributed by atoms with Crippen LogP contribution in [0.15, 0.2) is 54.9 Å². The zero-order chi connectivity index (χ0) is 18.5. The molecule has 0 saturated carbocycles. The van der Waals surface area contributed by atoms with Crippen molar-refractivity contribution in [2.75, 3.05) is 7.11 Å². The predicted molar refractivity (Wildman–Crippen MR) is 102 cm³/mol. The molecule has 26 heavy (non-hydrogen) atoms. The lowest BCUT2D eigenvalue weighted by Gasteiger charge is -2.09. The van der Waals surface area contributed by atoms with E-state index < -0.39 is 0 Å². The number of rotatable bonds is 6. The molecule has 0 atom stereocenters. The van der Waals surface area contributed by atoms with E-state index in [2.05, 4.69) is 10.4 Å². The van der Waals surface area contributed by atoms with E-state index in [4.69, 9.17) is 27.9 Å². The smallest absolute Gasteiger partial charge is 0.224 e. The molecule has 1 N–H and O–H groups in total. The Labute approximate surface area is 161 Å². The van der Waals surface area contributed by atoms with Gasteiger partial charge in [0, 0.05) is 33.9 Å². The van der Waals surface area contributed by atoms with Crippen LogP contribution in [0.1, 0.15) is 11.1 Å². The Morgan fingerprint density at radius 3 is 2.62 bits per heavy atom. The van der Waals surface area contributed by atoms with Gasteiger partial charge in [-0.3, -0.25) is 4.79 Å². The molecule has 0 bridgehead atoms. The Morgan fingerprint density at radius 1 is 1.15 bits per heavy atom. The van der Waals surface area contributed by atoms with Crippen molar-refractivity contribution >= 4 is 29.1 Å². The van der Waals surface area contributed by atoms with Crippen LogP contribution >= 0.6 is 23.2 Å². The highest BCUT2D eigenvalue weighted by molar-refractivity contribution is 6.30. The fourth-order valence-corrected chi connectivity index (χ4v) is 2.83. The summed E-state index contributed by atoms with van der Waals surface area (Å²) in [7, 11) is 1.57. The summed E-state index contributed by atoms with van der Waals surface area (Å²) in [6.07, 6.45) is 3.77. The molecular weight excluding hydrogens is 373 g/mol. The van der Waals surface area contributed by atoms with Gasteiger partial charge in [0.05, 0.1) is 25.4 Å². The van der Waals surface area contributed by atoms with Gasteiger partial charge in [0.25, 0.3) is 0 Å². The first-order valence-corrected chi connectivity index (χ1v) is 8.69. The topological polar surface area (TPSA) is 56.1 Å². The van der Waals surface area contributed by atoms with Crippen molar-refractivity contribution in [1.82, 2.24) is 15.1 Å². The standard InChI is InChI=1S/C19H17Cl2N3O2/c1-26-18-7-4-16(21)8-14(18)9-19(25)22-10-13-11-23-24(12-13)17-5-2-15(20)3-6-17/h2-8,11-12H,9-10H2,1H3,(H,22,25). The lowest BCUT2D eigenvalue weighted by atomic mass is 10.1. The van der Waals surface area contributed by atoms with Gasteiger partial charge in [0.1, 0.15) is 5.75 Å². The molecule has 5 nitrogen and oxygen atoms in total. The molecule has 3 rings (SSSR count). The normalized spacial score (nSPS) is 10.6. The maximum atomic E-state index is 12.2. The first-order valence-electron chi connectivity index (χ1n) is 7.94. The molecule has 1 amide bonds. The van der Waals surface area contributed by atoms with Gasteiger partial charge in [-0.15, -0.1) is 0 Å². The molecule has 1 aromatic heterocycles. The number of benzene rings is 2. The first-order chi connectivity index (χ1) is 12.5. The van der Waals surface area contributed by atoms with Gasteiger partial charge in [0.2, 0.25) is 5.91 Å². The van der Waals surface area contributed by atoms with Crippen LogP contribution in [0, 0.1) is 0 Å². The molecule has 0 unspecified atom stereocenters. The third-order valence-electron chi connectivity index (χ3n) is 3.81. The van der Waals surface area contributed by atoms with Gasteiger partial charge in [0.15, 0.2) is 0 Å². The molecule has 0 aliphatic heterocycles. The van der Waals surface area contributed by atoms with Crippen LogP contribution < -0.4 is 10.1 Å². The van der Waals surface area contributed by atoms with Crippen molar-refractivity contribution in [2.24, 2.45) is 0 Å². The molecule has 7 heteroatoms. The summed E-state index contributed by atoms with van der Waals surface area (Å²) in [5, 5.41) is 8.42. The minimum Gasteiger partial charge on any atom is -0.496 e. The summed E-state index contributed by atoms with van der Waals surface area (Å²) in [4.78, 5) is 12.2. The highest BCUT2D eigenvalue weighted by Gasteiger charge is 2.10. The monoisotopic (exact) mass is 389 g/mol. The number of methoxy groups -OCH3 is 1. The number of carbonyl (C=O) groups is 1. The van der Waals surface area contributed by atoms with E-state index >= 15 is 0 Å². The molecule has 0 aliphatic rings. The van der Waals surface area contributed by atoms with Crippen molar-refractivity contribution in [3.05, 3.63) is 76.0 Å². The maximum absolute atomic E-state index is 12.2. The highest BCUT2D eigenvalue weighted by atomic mass is 35.5. The Hall–Kier alpha value is -2.50. The molecule has 0 spiro atoms. The molecule has 0 fully saturated rings. The minimum atomic E-state index is -0.121. The second-order valence-corrected chi connectivity index (χ2v) is 6.55. The predicted octanol–water partition coefficient (Wildman–Crippen LogP) is 4.05. The third kappa shape index (κ3) is 4.56. The molecule has 134 valence electrons. The van der Waals surface area contributed by atoms with Gasteiger partial charge in [-0.1, -0.05) is 23.2 Å². The Bertz CT molecular complexity index is 907. The summed E-state index contributed by atoms with van der Waals surface area (Å²) < 4.78 is 7.00. The summed E-state index contributed by atoms with van der Waals surface area (Å²) in [6.45, 7) is 0.384. The minimum absolute atomic E-state index is 0.121. The number of halogens is 2. The summed E-state index contributed by atoms with van der Waals surface area (Å²) in [5.41, 5.74) is 2.54. The Balaban J connectivity index is 1.60. The molecule has 0 radical (unpaired) electrons. The summed E-state index contributed by atoms with van der Waals surface area (Å²) in [6, 6.07) is 12.6. The Kier molecular flexibility index (Phi) is 5.81. The van der Waals surface area contributed by atoms with E-state index in [1.807, 2.05) is 18.3 Å². The average Bonchev–Trinajstić information content (AvgIpc) is 3.10. The first kappa shape index (κ1) is 18.3. The maximum Gasteiger partial charge on any atom is 0.224 e. The number of ether oxygens (including phenoxy) is 1. The summed E-state index contributed by atoms with van der Waals surface area (Å²) >= 11 is 11.9. The molecule has 3 aromatic rings. The van der Waals surface area contributed by atoms with Crippen molar-refractivity contribution in [3.8, 4) is 11.4 Å². The SMILES string of the molecule is COc1ccc(Cl)cc1CC(=O)NCc1cnn(-c2ccc(Cl)cc2)c1. The number of hydrogen-bond donors (Lipinski definition) is 1. The lowest BCUT2D eigenvalue weighted by Crippen LogP contribution is -2.24. The van der Waals surface area contributed by atoms with Gasteiger partial charge < -0.3 is 10.1 Å². The molecule has 0 aliphatic carbocycles. The van der Waals surface area contributed by atoms with Crippen LogP contribution in [-0.4, -0.2) is 22.8 Å². The number of carbonyl (C=O) groups excluding carboxylic acids is 1. The number of amides is 1. The second-order valence-electron chi connectivity index (χ2n) is 5.68. The largest absolute Gasteiger partial charge is 0.496 e. The molecule has 2 aromatic carbocycles. The number of hydrogen-bond acceptors (Lipinski definition) is 3. The lowest BCUT2D eigenvalue weighted by molar-refractivity contribution is -0.120.